The van der Waals surface area contributed by atoms with Crippen LogP contribution in [-0.4, -0.2) is 36.1 Å². The third-order valence-electron chi connectivity index (χ3n) is 4.63. The van der Waals surface area contributed by atoms with Crippen LogP contribution in [0.2, 0.25) is 5.02 Å². The number of rotatable bonds is 7. The van der Waals surface area contributed by atoms with Crippen molar-refractivity contribution in [1.29, 1.82) is 0 Å². The Morgan fingerprint density at radius 1 is 1.10 bits per heavy atom. The SMILES string of the molecule is CCOc1ccc(/C=C2\SC(=O)N(Cc3cc4c(cc3Cl)OCO4)C2=O)c(OCC)c1. The van der Waals surface area contributed by atoms with Gasteiger partial charge >= 0.3 is 0 Å². The summed E-state index contributed by atoms with van der Waals surface area (Å²) in [5, 5.41) is 0.0336. The predicted molar refractivity (Wildman–Crippen MR) is 118 cm³/mol. The van der Waals surface area contributed by atoms with Crippen LogP contribution in [0.1, 0.15) is 25.0 Å². The molecular formula is C22H20ClNO6S. The number of amides is 2. The summed E-state index contributed by atoms with van der Waals surface area (Å²) in [6.45, 7) is 4.92. The molecule has 0 spiro atoms. The third kappa shape index (κ3) is 4.45. The van der Waals surface area contributed by atoms with E-state index >= 15 is 0 Å². The predicted octanol–water partition coefficient (Wildman–Crippen LogP) is 5.10. The average molecular weight is 462 g/mol. The number of fused-ring (bicyclic) bond motifs is 1. The van der Waals surface area contributed by atoms with E-state index in [2.05, 4.69) is 0 Å². The second kappa shape index (κ2) is 9.11. The number of hydrogen-bond acceptors (Lipinski definition) is 7. The molecule has 9 heteroatoms. The highest BCUT2D eigenvalue weighted by molar-refractivity contribution is 8.18. The highest BCUT2D eigenvalue weighted by Gasteiger charge is 2.36. The van der Waals surface area contributed by atoms with Gasteiger partial charge in [0.05, 0.1) is 24.7 Å². The number of benzene rings is 2. The topological polar surface area (TPSA) is 74.3 Å². The molecule has 0 atom stereocenters. The van der Waals surface area contributed by atoms with Gasteiger partial charge in [-0.15, -0.1) is 0 Å². The van der Waals surface area contributed by atoms with Gasteiger partial charge in [0, 0.05) is 22.7 Å². The Bertz CT molecular complexity index is 1070. The molecular weight excluding hydrogens is 442 g/mol. The maximum Gasteiger partial charge on any atom is 0.293 e. The molecule has 31 heavy (non-hydrogen) atoms. The monoisotopic (exact) mass is 461 g/mol. The quantitative estimate of drug-likeness (QED) is 0.531. The van der Waals surface area contributed by atoms with E-state index in [1.165, 1.54) is 0 Å². The molecule has 0 radical (unpaired) electrons. The molecule has 0 bridgehead atoms. The van der Waals surface area contributed by atoms with Crippen molar-refractivity contribution >= 4 is 40.6 Å². The van der Waals surface area contributed by atoms with E-state index in [-0.39, 0.29) is 24.5 Å². The van der Waals surface area contributed by atoms with Gasteiger partial charge in [0.25, 0.3) is 11.1 Å². The van der Waals surface area contributed by atoms with Crippen molar-refractivity contribution < 1.29 is 28.5 Å². The highest BCUT2D eigenvalue weighted by atomic mass is 35.5. The number of imide groups is 1. The lowest BCUT2D eigenvalue weighted by Crippen LogP contribution is -2.27. The van der Waals surface area contributed by atoms with E-state index in [1.54, 1.807) is 36.4 Å². The molecule has 2 heterocycles. The van der Waals surface area contributed by atoms with Crippen molar-refractivity contribution in [3.63, 3.8) is 0 Å². The molecule has 4 rings (SSSR count). The van der Waals surface area contributed by atoms with Crippen molar-refractivity contribution in [3.05, 3.63) is 51.4 Å². The lowest BCUT2D eigenvalue weighted by atomic mass is 10.1. The molecule has 2 aliphatic rings. The van der Waals surface area contributed by atoms with E-state index < -0.39 is 0 Å². The summed E-state index contributed by atoms with van der Waals surface area (Å²) in [7, 11) is 0. The average Bonchev–Trinajstić information content (AvgIpc) is 3.29. The molecule has 7 nitrogen and oxygen atoms in total. The molecule has 0 N–H and O–H groups in total. The molecule has 162 valence electrons. The molecule has 2 aromatic carbocycles. The van der Waals surface area contributed by atoms with Crippen LogP contribution < -0.4 is 18.9 Å². The molecule has 0 aromatic heterocycles. The molecule has 0 unspecified atom stereocenters. The molecule has 2 aliphatic heterocycles. The van der Waals surface area contributed by atoms with Crippen LogP contribution in [-0.2, 0) is 11.3 Å². The van der Waals surface area contributed by atoms with Gasteiger partial charge in [-0.1, -0.05) is 11.6 Å². The minimum absolute atomic E-state index is 0.0407. The molecule has 1 fully saturated rings. The number of hydrogen-bond donors (Lipinski definition) is 0. The first-order chi connectivity index (χ1) is 15.0. The second-order valence-electron chi connectivity index (χ2n) is 6.63. The minimum Gasteiger partial charge on any atom is -0.494 e. The Morgan fingerprint density at radius 3 is 2.58 bits per heavy atom. The van der Waals surface area contributed by atoms with Crippen molar-refractivity contribution in [2.24, 2.45) is 0 Å². The first-order valence-corrected chi connectivity index (χ1v) is 10.9. The normalized spacial score (nSPS) is 16.4. The van der Waals surface area contributed by atoms with Crippen LogP contribution in [0.5, 0.6) is 23.0 Å². The van der Waals surface area contributed by atoms with E-state index in [9.17, 15) is 9.59 Å². The van der Waals surface area contributed by atoms with Gasteiger partial charge in [0.2, 0.25) is 6.79 Å². The number of ether oxygens (including phenoxy) is 4. The summed E-state index contributed by atoms with van der Waals surface area (Å²) >= 11 is 7.19. The second-order valence-corrected chi connectivity index (χ2v) is 8.03. The maximum absolute atomic E-state index is 13.0. The molecule has 2 aromatic rings. The number of thioether (sulfide) groups is 1. The molecule has 2 amide bonds. The zero-order chi connectivity index (χ0) is 22.0. The van der Waals surface area contributed by atoms with Gasteiger partial charge in [-0.2, -0.15) is 0 Å². The van der Waals surface area contributed by atoms with Crippen molar-refractivity contribution in [2.75, 3.05) is 20.0 Å². The minimum atomic E-state index is -0.389. The van der Waals surface area contributed by atoms with Crippen LogP contribution in [0.3, 0.4) is 0 Å². The first kappa shape index (κ1) is 21.4. The van der Waals surface area contributed by atoms with Crippen molar-refractivity contribution in [1.82, 2.24) is 4.90 Å². The molecule has 1 saturated heterocycles. The first-order valence-electron chi connectivity index (χ1n) is 9.73. The Morgan fingerprint density at radius 2 is 1.84 bits per heavy atom. The number of halogens is 1. The van der Waals surface area contributed by atoms with Crippen LogP contribution in [0.25, 0.3) is 6.08 Å². The van der Waals surface area contributed by atoms with Crippen LogP contribution in [0.15, 0.2) is 35.2 Å². The van der Waals surface area contributed by atoms with Crippen molar-refractivity contribution in [3.8, 4) is 23.0 Å². The number of carbonyl (C=O) groups excluding carboxylic acids is 2. The fourth-order valence-corrected chi connectivity index (χ4v) is 4.24. The fourth-order valence-electron chi connectivity index (χ4n) is 3.20. The Kier molecular flexibility index (Phi) is 6.29. The van der Waals surface area contributed by atoms with E-state index in [0.717, 1.165) is 16.7 Å². The highest BCUT2D eigenvalue weighted by Crippen LogP contribution is 2.40. The zero-order valence-electron chi connectivity index (χ0n) is 17.0. The Labute approximate surface area is 188 Å². The molecule has 0 saturated carbocycles. The summed E-state index contributed by atoms with van der Waals surface area (Å²) < 4.78 is 21.9. The largest absolute Gasteiger partial charge is 0.494 e. The van der Waals surface area contributed by atoms with Gasteiger partial charge in [-0.3, -0.25) is 14.5 Å². The van der Waals surface area contributed by atoms with Crippen LogP contribution in [0, 0.1) is 0 Å². The summed E-state index contributed by atoms with van der Waals surface area (Å²) in [4.78, 5) is 27.0. The van der Waals surface area contributed by atoms with E-state index in [1.807, 2.05) is 13.8 Å². The summed E-state index contributed by atoms with van der Waals surface area (Å²) in [6, 6.07) is 8.70. The Hall–Kier alpha value is -2.84. The van der Waals surface area contributed by atoms with Crippen molar-refractivity contribution in [2.45, 2.75) is 20.4 Å². The lowest BCUT2D eigenvalue weighted by molar-refractivity contribution is -0.123. The number of nitrogens with zero attached hydrogens (tertiary/aromatic N) is 1. The third-order valence-corrected chi connectivity index (χ3v) is 5.89. The smallest absolute Gasteiger partial charge is 0.293 e. The van der Waals surface area contributed by atoms with Gasteiger partial charge < -0.3 is 18.9 Å². The molecule has 0 aliphatic carbocycles. The number of carbonyl (C=O) groups is 2. The van der Waals surface area contributed by atoms with Gasteiger partial charge in [-0.25, -0.2) is 0 Å². The van der Waals surface area contributed by atoms with Crippen LogP contribution in [0.4, 0.5) is 4.79 Å². The van der Waals surface area contributed by atoms with Gasteiger partial charge in [0.1, 0.15) is 11.5 Å². The maximum atomic E-state index is 13.0. The summed E-state index contributed by atoms with van der Waals surface area (Å²) in [5.41, 5.74) is 1.29. The van der Waals surface area contributed by atoms with E-state index in [0.29, 0.717) is 57.3 Å². The van der Waals surface area contributed by atoms with Gasteiger partial charge in [-0.05, 0) is 55.4 Å². The van der Waals surface area contributed by atoms with E-state index in [4.69, 9.17) is 30.5 Å². The standard InChI is InChI=1S/C22H20ClNO6S/c1-3-27-15-6-5-13(17(9-15)28-4-2)8-20-21(25)24(22(26)31-20)11-14-7-18-19(10-16(14)23)30-12-29-18/h5-10H,3-4,11-12H2,1-2H3/b20-8-. The zero-order valence-corrected chi connectivity index (χ0v) is 18.5. The fraction of sp³-hybridized carbons (Fsp3) is 0.273. The van der Waals surface area contributed by atoms with Gasteiger partial charge in [0.15, 0.2) is 11.5 Å². The summed E-state index contributed by atoms with van der Waals surface area (Å²) in [6.07, 6.45) is 1.66. The Balaban J connectivity index is 1.58. The lowest BCUT2D eigenvalue weighted by Gasteiger charge is -2.14. The summed E-state index contributed by atoms with van der Waals surface area (Å²) in [5.74, 6) is 1.95. The van der Waals surface area contributed by atoms with Crippen LogP contribution >= 0.6 is 23.4 Å².